The van der Waals surface area contributed by atoms with E-state index in [0.717, 1.165) is 0 Å². The zero-order chi connectivity index (χ0) is 11.4. The molecule has 0 atom stereocenters. The highest BCUT2D eigenvalue weighted by molar-refractivity contribution is 6.29. The molecular formula is C9H8ClN3O3. The van der Waals surface area contributed by atoms with Crippen LogP contribution in [0.3, 0.4) is 0 Å². The first-order chi connectivity index (χ1) is 7.75. The van der Waals surface area contributed by atoms with Crippen LogP contribution in [0.5, 0.6) is 0 Å². The summed E-state index contributed by atoms with van der Waals surface area (Å²) in [6.45, 7) is 0.795. The van der Waals surface area contributed by atoms with Crippen LogP contribution in [0.1, 0.15) is 0 Å². The number of rotatable bonds is 2. The van der Waals surface area contributed by atoms with E-state index in [4.69, 9.17) is 21.1 Å². The second-order valence-corrected chi connectivity index (χ2v) is 3.28. The van der Waals surface area contributed by atoms with Gasteiger partial charge >= 0.3 is 0 Å². The van der Waals surface area contributed by atoms with E-state index >= 15 is 0 Å². The fourth-order valence-corrected chi connectivity index (χ4v) is 1.15. The van der Waals surface area contributed by atoms with Gasteiger partial charge in [0.15, 0.2) is 11.0 Å². The molecule has 0 saturated carbocycles. The first kappa shape index (κ1) is 10.7. The van der Waals surface area contributed by atoms with Crippen molar-refractivity contribution in [2.75, 3.05) is 18.5 Å². The fraction of sp³-hybridized carbons (Fsp3) is 0.222. The second kappa shape index (κ2) is 4.80. The lowest BCUT2D eigenvalue weighted by Gasteiger charge is -2.14. The molecule has 0 spiro atoms. The maximum atomic E-state index is 11.6. The van der Waals surface area contributed by atoms with Crippen LogP contribution in [-0.4, -0.2) is 29.3 Å². The van der Waals surface area contributed by atoms with Gasteiger partial charge in [0.05, 0.1) is 0 Å². The Morgan fingerprint density at radius 2 is 2.25 bits per heavy atom. The van der Waals surface area contributed by atoms with Crippen molar-refractivity contribution < 1.29 is 14.3 Å². The van der Waals surface area contributed by atoms with Crippen molar-refractivity contribution in [3.05, 3.63) is 29.3 Å². The monoisotopic (exact) mass is 241 g/mol. The molecule has 0 unspecified atom stereocenters. The molecule has 0 saturated heterocycles. The molecule has 6 nitrogen and oxygen atoms in total. The van der Waals surface area contributed by atoms with Crippen LogP contribution >= 0.6 is 11.6 Å². The van der Waals surface area contributed by atoms with Crippen molar-refractivity contribution in [2.45, 2.75) is 0 Å². The van der Waals surface area contributed by atoms with Gasteiger partial charge in [-0.2, -0.15) is 0 Å². The van der Waals surface area contributed by atoms with E-state index in [2.05, 4.69) is 15.5 Å². The Bertz CT molecular complexity index is 419. The predicted octanol–water partition coefficient (Wildman–Crippen LogP) is 0.957. The zero-order valence-corrected chi connectivity index (χ0v) is 8.90. The summed E-state index contributed by atoms with van der Waals surface area (Å²) in [5.74, 6) is -0.0243. The number of hydrogen-bond donors (Lipinski definition) is 1. The Morgan fingerprint density at radius 1 is 1.38 bits per heavy atom. The van der Waals surface area contributed by atoms with Gasteiger partial charge in [-0.1, -0.05) is 11.6 Å². The molecule has 1 aromatic rings. The Hall–Kier alpha value is -1.82. The van der Waals surface area contributed by atoms with E-state index in [0.29, 0.717) is 19.0 Å². The van der Waals surface area contributed by atoms with Gasteiger partial charge in [0.25, 0.3) is 5.91 Å². The number of amides is 1. The minimum Gasteiger partial charge on any atom is -0.494 e. The smallest absolute Gasteiger partial charge is 0.295 e. The van der Waals surface area contributed by atoms with Gasteiger partial charge in [-0.25, -0.2) is 0 Å². The Morgan fingerprint density at radius 3 is 2.88 bits per heavy atom. The molecule has 0 bridgehead atoms. The number of hydrogen-bond acceptors (Lipinski definition) is 5. The maximum absolute atomic E-state index is 11.6. The summed E-state index contributed by atoms with van der Waals surface area (Å²) in [5, 5.41) is 10.0. The van der Waals surface area contributed by atoms with E-state index < -0.39 is 5.91 Å². The lowest BCUT2D eigenvalue weighted by molar-refractivity contribution is -0.117. The average Bonchev–Trinajstić information content (AvgIpc) is 2.33. The number of ether oxygens (including phenoxy) is 2. The van der Waals surface area contributed by atoms with E-state index in [1.54, 1.807) is 0 Å². The molecular weight excluding hydrogens is 234 g/mol. The van der Waals surface area contributed by atoms with E-state index in [-0.39, 0.29) is 10.9 Å². The Balaban J connectivity index is 2.01. The second-order valence-electron chi connectivity index (χ2n) is 2.90. The van der Waals surface area contributed by atoms with Gasteiger partial charge in [-0.15, -0.1) is 10.2 Å². The highest BCUT2D eigenvalue weighted by Crippen LogP contribution is 2.10. The minimum absolute atomic E-state index is 0.114. The van der Waals surface area contributed by atoms with E-state index in [9.17, 15) is 4.79 Å². The van der Waals surface area contributed by atoms with Crippen molar-refractivity contribution in [2.24, 2.45) is 0 Å². The molecule has 0 fully saturated rings. The molecule has 0 radical (unpaired) electrons. The van der Waals surface area contributed by atoms with Gasteiger partial charge in [0.1, 0.15) is 19.5 Å². The van der Waals surface area contributed by atoms with Crippen LogP contribution in [0.25, 0.3) is 0 Å². The van der Waals surface area contributed by atoms with Crippen LogP contribution in [-0.2, 0) is 14.3 Å². The summed E-state index contributed by atoms with van der Waals surface area (Å²) in [6, 6.07) is 3.06. The van der Waals surface area contributed by atoms with Gasteiger partial charge in [-0.05, 0) is 12.1 Å². The van der Waals surface area contributed by atoms with Crippen molar-refractivity contribution in [1.82, 2.24) is 10.2 Å². The van der Waals surface area contributed by atoms with Crippen molar-refractivity contribution in [3.8, 4) is 0 Å². The van der Waals surface area contributed by atoms with Crippen LogP contribution in [0, 0.1) is 0 Å². The fourth-order valence-electron chi connectivity index (χ4n) is 1.05. The highest BCUT2D eigenvalue weighted by atomic mass is 35.5. The Kier molecular flexibility index (Phi) is 3.21. The van der Waals surface area contributed by atoms with Crippen LogP contribution < -0.4 is 5.32 Å². The van der Waals surface area contributed by atoms with Gasteiger partial charge in [0, 0.05) is 0 Å². The van der Waals surface area contributed by atoms with Crippen LogP contribution in [0.2, 0.25) is 5.15 Å². The largest absolute Gasteiger partial charge is 0.494 e. The summed E-state index contributed by atoms with van der Waals surface area (Å²) in [6.07, 6.45) is 1.27. The van der Waals surface area contributed by atoms with Crippen molar-refractivity contribution >= 4 is 23.3 Å². The van der Waals surface area contributed by atoms with E-state index in [1.807, 2.05) is 0 Å². The molecule has 0 aromatic carbocycles. The third-order valence-corrected chi connectivity index (χ3v) is 1.95. The highest BCUT2D eigenvalue weighted by Gasteiger charge is 2.15. The normalized spacial score (nSPS) is 14.4. The number of carbonyl (C=O) groups excluding carboxylic acids is 1. The lowest BCUT2D eigenvalue weighted by atomic mass is 10.4. The summed E-state index contributed by atoms with van der Waals surface area (Å²) in [7, 11) is 0. The predicted molar refractivity (Wildman–Crippen MR) is 55.7 cm³/mol. The number of anilines is 1. The summed E-state index contributed by atoms with van der Waals surface area (Å²) < 4.78 is 10.0. The molecule has 1 aliphatic rings. The molecule has 1 aromatic heterocycles. The quantitative estimate of drug-likeness (QED) is 0.835. The first-order valence-corrected chi connectivity index (χ1v) is 4.88. The lowest BCUT2D eigenvalue weighted by Crippen LogP contribution is -2.21. The molecule has 2 rings (SSSR count). The number of aromatic nitrogens is 2. The third-order valence-electron chi connectivity index (χ3n) is 1.75. The standard InChI is InChI=1S/C9H8ClN3O3/c10-7-1-2-8(13-12-7)11-9(14)6-5-15-3-4-16-6/h1-2,5H,3-4H2,(H,11,13,14). The SMILES string of the molecule is O=C(Nc1ccc(Cl)nn1)C1=COCCO1. The van der Waals surface area contributed by atoms with Crippen LogP contribution in [0.15, 0.2) is 24.2 Å². The molecule has 1 amide bonds. The van der Waals surface area contributed by atoms with Gasteiger partial charge in [0.2, 0.25) is 5.76 Å². The Labute approximate surface area is 96.2 Å². The maximum Gasteiger partial charge on any atom is 0.295 e. The average molecular weight is 242 g/mol. The minimum atomic E-state index is -0.434. The van der Waals surface area contributed by atoms with Crippen molar-refractivity contribution in [1.29, 1.82) is 0 Å². The molecule has 7 heteroatoms. The number of carbonyl (C=O) groups is 1. The number of nitrogens with one attached hydrogen (secondary N) is 1. The van der Waals surface area contributed by atoms with Gasteiger partial charge < -0.3 is 14.8 Å². The molecule has 0 aliphatic carbocycles. The molecule has 1 N–H and O–H groups in total. The molecule has 16 heavy (non-hydrogen) atoms. The number of halogens is 1. The number of nitrogens with zero attached hydrogens (tertiary/aromatic N) is 2. The van der Waals surface area contributed by atoms with Gasteiger partial charge in [-0.3, -0.25) is 4.79 Å². The third kappa shape index (κ3) is 2.60. The van der Waals surface area contributed by atoms with Crippen LogP contribution in [0.4, 0.5) is 5.82 Å². The first-order valence-electron chi connectivity index (χ1n) is 4.51. The summed E-state index contributed by atoms with van der Waals surface area (Å²) in [5.41, 5.74) is 0. The molecule has 2 heterocycles. The topological polar surface area (TPSA) is 73.3 Å². The summed E-state index contributed by atoms with van der Waals surface area (Å²) >= 11 is 5.55. The molecule has 1 aliphatic heterocycles. The zero-order valence-electron chi connectivity index (χ0n) is 8.14. The summed E-state index contributed by atoms with van der Waals surface area (Å²) in [4.78, 5) is 11.6. The van der Waals surface area contributed by atoms with E-state index in [1.165, 1.54) is 18.4 Å². The molecule has 84 valence electrons. The van der Waals surface area contributed by atoms with Crippen molar-refractivity contribution in [3.63, 3.8) is 0 Å².